The lowest BCUT2D eigenvalue weighted by Gasteiger charge is -2.35. The van der Waals surface area contributed by atoms with Crippen molar-refractivity contribution in [2.45, 2.75) is 25.3 Å². The molecule has 0 saturated carbocycles. The first kappa shape index (κ1) is 34.9. The molecule has 0 radical (unpaired) electrons. The summed E-state index contributed by atoms with van der Waals surface area (Å²) in [7, 11) is 0. The maximum Gasteiger partial charge on any atom is 0.0972 e. The fraction of sp³-hybridized carbons (Fsp3) is 0.0702. The average Bonchev–Trinajstić information content (AvgIpc) is 3.91. The molecule has 5 nitrogen and oxygen atoms in total. The molecule has 1 aliphatic heterocycles. The largest absolute Gasteiger partial charge is 0.374 e. The van der Waals surface area contributed by atoms with Crippen molar-refractivity contribution in [1.82, 2.24) is 19.9 Å². The van der Waals surface area contributed by atoms with Crippen LogP contribution in [0.1, 0.15) is 42.1 Å². The van der Waals surface area contributed by atoms with E-state index < -0.39 is 0 Å². The number of aromatic amines is 1. The van der Waals surface area contributed by atoms with Gasteiger partial charge in [-0.15, -0.1) is 0 Å². The molecule has 5 heterocycles. The summed E-state index contributed by atoms with van der Waals surface area (Å²) < 4.78 is 0. The van der Waals surface area contributed by atoms with E-state index in [4.69, 9.17) is 15.0 Å². The predicted molar refractivity (Wildman–Crippen MR) is 256 cm³/mol. The van der Waals surface area contributed by atoms with Gasteiger partial charge >= 0.3 is 0 Å². The molecule has 4 aromatic heterocycles. The molecule has 1 aliphatic carbocycles. The second-order valence-corrected chi connectivity index (χ2v) is 17.3. The number of hydrogen-bond donors (Lipinski definition) is 2. The highest BCUT2D eigenvalue weighted by Crippen LogP contribution is 2.58. The minimum Gasteiger partial charge on any atom is -0.374 e. The van der Waals surface area contributed by atoms with Crippen LogP contribution in [0.3, 0.4) is 0 Å². The molecule has 5 heteroatoms. The van der Waals surface area contributed by atoms with Crippen LogP contribution in [0, 0.1) is 0 Å². The summed E-state index contributed by atoms with van der Waals surface area (Å²) >= 11 is 0. The van der Waals surface area contributed by atoms with Gasteiger partial charge in [-0.05, 0) is 98.3 Å². The molecule has 7 aromatic carbocycles. The zero-order valence-electron chi connectivity index (χ0n) is 34.2. The summed E-state index contributed by atoms with van der Waals surface area (Å²) in [5, 5.41) is 10.9. The van der Waals surface area contributed by atoms with E-state index in [9.17, 15) is 0 Å². The molecule has 0 spiro atoms. The Morgan fingerprint density at radius 2 is 1.13 bits per heavy atom. The van der Waals surface area contributed by atoms with E-state index in [1.807, 2.05) is 18.5 Å². The fourth-order valence-electron chi connectivity index (χ4n) is 10.5. The van der Waals surface area contributed by atoms with Crippen LogP contribution in [-0.4, -0.2) is 19.9 Å². The van der Waals surface area contributed by atoms with Crippen LogP contribution in [-0.2, 0) is 5.41 Å². The summed E-state index contributed by atoms with van der Waals surface area (Å²) in [5.74, 6) is 0. The van der Waals surface area contributed by atoms with Crippen LogP contribution in [0.4, 0.5) is 5.69 Å². The first-order chi connectivity index (χ1) is 30.5. The molecule has 62 heavy (non-hydrogen) atoms. The van der Waals surface area contributed by atoms with Gasteiger partial charge in [-0.25, -0.2) is 9.97 Å². The van der Waals surface area contributed by atoms with Crippen molar-refractivity contribution in [2.24, 2.45) is 0 Å². The number of H-pyrrole nitrogens is 1. The summed E-state index contributed by atoms with van der Waals surface area (Å²) in [4.78, 5) is 18.8. The van der Waals surface area contributed by atoms with Crippen molar-refractivity contribution in [1.29, 1.82) is 0 Å². The van der Waals surface area contributed by atoms with Crippen LogP contribution in [0.2, 0.25) is 0 Å². The molecule has 0 amide bonds. The van der Waals surface area contributed by atoms with E-state index in [0.717, 1.165) is 77.3 Å². The van der Waals surface area contributed by atoms with Gasteiger partial charge in [0, 0.05) is 61.7 Å². The Hall–Kier alpha value is -7.89. The molecule has 292 valence electrons. The number of benzene rings is 7. The maximum absolute atomic E-state index is 5.32. The first-order valence-corrected chi connectivity index (χ1v) is 21.4. The number of fused-ring (bicyclic) bond motifs is 12. The van der Waals surface area contributed by atoms with E-state index >= 15 is 0 Å². The quantitative estimate of drug-likeness (QED) is 0.174. The third-order valence-electron chi connectivity index (χ3n) is 13.5. The number of rotatable bonds is 4. The fourth-order valence-corrected chi connectivity index (χ4v) is 10.5. The van der Waals surface area contributed by atoms with Crippen LogP contribution >= 0.6 is 0 Å². The van der Waals surface area contributed by atoms with Gasteiger partial charge < -0.3 is 10.3 Å². The highest BCUT2D eigenvalue weighted by atomic mass is 15.0. The minimum atomic E-state index is -0.174. The lowest BCUT2D eigenvalue weighted by Crippen LogP contribution is -2.25. The molecule has 0 fully saturated rings. The third-order valence-corrected chi connectivity index (χ3v) is 13.5. The molecule has 0 saturated heterocycles. The highest BCUT2D eigenvalue weighted by Gasteiger charge is 2.46. The Morgan fingerprint density at radius 1 is 0.500 bits per heavy atom. The van der Waals surface area contributed by atoms with Crippen molar-refractivity contribution < 1.29 is 0 Å². The summed E-state index contributed by atoms with van der Waals surface area (Å²) in [6.45, 7) is 4.78. The number of nitrogens with one attached hydrogen (secondary N) is 2. The second kappa shape index (κ2) is 13.1. The Morgan fingerprint density at radius 3 is 1.95 bits per heavy atom. The summed E-state index contributed by atoms with van der Waals surface area (Å²) in [6.07, 6.45) is 3.83. The molecular formula is C57H39N5. The lowest BCUT2D eigenvalue weighted by atomic mass is 9.74. The molecule has 0 bridgehead atoms. The number of pyridine rings is 3. The van der Waals surface area contributed by atoms with Gasteiger partial charge in [-0.1, -0.05) is 135 Å². The van der Waals surface area contributed by atoms with Gasteiger partial charge in [-0.3, -0.25) is 4.98 Å². The zero-order chi connectivity index (χ0) is 41.1. The van der Waals surface area contributed by atoms with Gasteiger partial charge in [0.15, 0.2) is 0 Å². The Labute approximate surface area is 358 Å². The third kappa shape index (κ3) is 5.18. The smallest absolute Gasteiger partial charge is 0.0972 e. The van der Waals surface area contributed by atoms with Crippen molar-refractivity contribution in [3.8, 4) is 33.6 Å². The Balaban J connectivity index is 1.00. The predicted octanol–water partition coefficient (Wildman–Crippen LogP) is 14.2. The average molecular weight is 794 g/mol. The summed E-state index contributed by atoms with van der Waals surface area (Å²) in [6, 6.07) is 61.7. The maximum atomic E-state index is 5.32. The van der Waals surface area contributed by atoms with Crippen molar-refractivity contribution in [3.63, 3.8) is 0 Å². The molecule has 1 unspecified atom stereocenters. The molecule has 13 rings (SSSR count). The van der Waals surface area contributed by atoms with E-state index in [2.05, 4.69) is 188 Å². The zero-order valence-corrected chi connectivity index (χ0v) is 34.2. The van der Waals surface area contributed by atoms with E-state index in [0.29, 0.717) is 0 Å². The topological polar surface area (TPSA) is 66.5 Å². The number of anilines is 1. The summed E-state index contributed by atoms with van der Waals surface area (Å²) in [5.41, 5.74) is 18.9. The van der Waals surface area contributed by atoms with Crippen LogP contribution in [0.25, 0.3) is 93.6 Å². The lowest BCUT2D eigenvalue weighted by molar-refractivity contribution is 0.629. The van der Waals surface area contributed by atoms with Crippen LogP contribution in [0.15, 0.2) is 188 Å². The molecule has 1 atom stereocenters. The minimum absolute atomic E-state index is 0.0900. The van der Waals surface area contributed by atoms with Crippen molar-refractivity contribution >= 4 is 65.6 Å². The SMILES string of the molecule is CC1(C)C2=C(c3ccc(-c4cc(-c5ccc6ccc7cccnc7c6n5)cc(-c5ccc6ccc7cc[nH]c7c6n5)c4)cc3)c3c(ccc4ccccc34)NC2c2ccccc21. The van der Waals surface area contributed by atoms with Gasteiger partial charge in [-0.2, -0.15) is 0 Å². The van der Waals surface area contributed by atoms with Crippen molar-refractivity contribution in [3.05, 3.63) is 210 Å². The second-order valence-electron chi connectivity index (χ2n) is 17.3. The van der Waals surface area contributed by atoms with Gasteiger partial charge in [0.2, 0.25) is 0 Å². The van der Waals surface area contributed by atoms with Crippen molar-refractivity contribution in [2.75, 3.05) is 5.32 Å². The Bertz CT molecular complexity index is 3700. The highest BCUT2D eigenvalue weighted by molar-refractivity contribution is 6.07. The van der Waals surface area contributed by atoms with E-state index in [-0.39, 0.29) is 11.5 Å². The monoisotopic (exact) mass is 793 g/mol. The normalized spacial score (nSPS) is 15.3. The van der Waals surface area contributed by atoms with Gasteiger partial charge in [0.05, 0.1) is 39.5 Å². The standard InChI is InChI=1S/C57H39N5/c1-57(2)45-12-6-5-11-44(45)56-51(57)49(50-43-10-4-3-8-34(43)21-26-48(50)62-56)35-15-13-33(14-16-35)40-30-41(46-24-22-37-18-17-36-9-7-28-58-52(36)54(37)60-46)32-42(31-40)47-25-23-38-19-20-39-27-29-59-53(39)55(38)61-47/h3-32,56,59,62H,1-2H3. The van der Waals surface area contributed by atoms with Gasteiger partial charge in [0.25, 0.3) is 0 Å². The van der Waals surface area contributed by atoms with Crippen LogP contribution < -0.4 is 5.32 Å². The molecule has 2 N–H and O–H groups in total. The van der Waals surface area contributed by atoms with E-state index in [1.165, 1.54) is 49.9 Å². The molecular weight excluding hydrogens is 755 g/mol. The first-order valence-electron chi connectivity index (χ1n) is 21.4. The number of aromatic nitrogens is 4. The Kier molecular flexibility index (Phi) is 7.35. The van der Waals surface area contributed by atoms with Gasteiger partial charge in [0.1, 0.15) is 0 Å². The number of hydrogen-bond acceptors (Lipinski definition) is 4. The van der Waals surface area contributed by atoms with Crippen LogP contribution in [0.5, 0.6) is 0 Å². The molecule has 2 aliphatic rings. The van der Waals surface area contributed by atoms with E-state index in [1.54, 1.807) is 0 Å². The number of nitrogens with zero attached hydrogens (tertiary/aromatic N) is 3. The molecule has 11 aromatic rings.